The van der Waals surface area contributed by atoms with E-state index >= 15 is 0 Å². The Kier molecular flexibility index (Phi) is 43.2. The van der Waals surface area contributed by atoms with E-state index in [-0.39, 0.29) is 123 Å². The Morgan fingerprint density at radius 3 is 1.10 bits per heavy atom. The largest absolute Gasteiger partial charge is 0.496 e. The van der Waals surface area contributed by atoms with Crippen molar-refractivity contribution in [3.8, 4) is 11.5 Å². The van der Waals surface area contributed by atoms with Gasteiger partial charge in [0.2, 0.25) is 59.0 Å². The average Bonchev–Trinajstić information content (AvgIpc) is 0.842. The second-order valence-corrected chi connectivity index (χ2v) is 29.8. The molecule has 4 aromatic carbocycles. The van der Waals surface area contributed by atoms with Gasteiger partial charge in [0, 0.05) is 50.1 Å². The molecule has 4 aromatic rings. The number of carbonyl (C=O) groups is 6. The molecule has 4 bridgehead atoms. The topological polar surface area (TPSA) is 708 Å². The van der Waals surface area contributed by atoms with Crippen molar-refractivity contribution in [2.75, 3.05) is 51.0 Å². The van der Waals surface area contributed by atoms with Crippen LogP contribution in [0.25, 0.3) is 0 Å². The summed E-state index contributed by atoms with van der Waals surface area (Å²) in [5.41, 5.74) is 20.8. The number of nitrogens with two attached hydrogens (primary N) is 2. The third kappa shape index (κ3) is 35.5. The molecule has 1 heterocycles. The molecular weight excluding hydrogens is 1620 g/mol. The number of quaternary nitrogens is 2. The number of hydrogen-bond acceptors (Lipinski definition) is 22. The highest BCUT2D eigenvalue weighted by Crippen LogP contribution is 2.27. The molecule has 1 aliphatic heterocycles. The van der Waals surface area contributed by atoms with Crippen LogP contribution in [-0.4, -0.2) is 279 Å². The first-order valence-electron chi connectivity index (χ1n) is 40.4. The first kappa shape index (κ1) is 101. The summed E-state index contributed by atoms with van der Waals surface area (Å²) in [6, 6.07) is 10.2. The van der Waals surface area contributed by atoms with Crippen LogP contribution in [0.1, 0.15) is 153 Å². The number of benzene rings is 4. The number of carboxylic acid groups (broad SMARTS) is 2. The molecule has 676 valence electrons. The SMILES string of the molecule is COc1ccc2cc1C(O)=NN=C(O)[C@H](Cc1ccccc1)N=C(O)[C@H](CCC(=O)O)N=C(O)[C@@H](N)CCCN=C(O)[C@H](CCCC[NH3+])N=C(O)[C@H](CC(C)C)NC(=O)C(=O)Nc1ccc(OC)c(c1)C(O)=NN=C(O)[C@H](Cc1ccccc1)N=C(O)[C@H](CCC(=O)O)N=C(O)[C@@H](N)CCCN=C(O)[C@H](CCCC[NH3+])N=C(O)[C@H](CC(C)C)NC(=O)C(=O)N2. The van der Waals surface area contributed by atoms with Crippen molar-refractivity contribution >= 4 is 118 Å². The fourth-order valence-electron chi connectivity index (χ4n) is 12.2. The van der Waals surface area contributed by atoms with Crippen LogP contribution in [-0.2, 0) is 41.6 Å². The molecule has 28 N–H and O–H groups in total. The van der Waals surface area contributed by atoms with E-state index in [0.717, 1.165) is 12.1 Å². The molecule has 0 aliphatic carbocycles. The Morgan fingerprint density at radius 1 is 0.427 bits per heavy atom. The Balaban J connectivity index is 1.62. The van der Waals surface area contributed by atoms with E-state index in [2.05, 4.69) is 93.1 Å². The van der Waals surface area contributed by atoms with Gasteiger partial charge in [-0.15, -0.1) is 20.4 Å². The number of nitrogens with one attached hydrogen (secondary N) is 4. The standard InChI is InChI=1S/C82H116N20O22/c1-45(2)39-59-75(115)93-55(25-13-15-35-83)71(111)87-37-17-23-53(85)69(109)91-57(29-33-65(103)104)73(113)96-62(42-48-21-11-8-12-22-48)78(118)102-100-68(108)52-44-50(28-32-64(52)124-6)90-80(120)82(122)98-60(40-46(3)4)76(116)94-56(26-14-16-36-84)72(112)88-38-18-24-54(86)70(110)92-58(30-34-66(105)106)74(114)95-61(41-47-19-9-7-10-20-47)77(117)101-99-67(107)51-43-49(27-31-63(51)123-5)89-79(119)81(121)97-59/h7-12,19-22,27-28,31-32,43-46,53-62H,13-18,23-26,29-30,33-42,83-86H2,1-6H3,(H,87,111)(H,88,112)(H,89,119)(H,90,120)(H,91,109)(H,92,110)(H,93,115)(H,94,116)(H,95,114)(H,96,113)(H,97,121)(H,98,122)(H,99,107)(H,100,108)(H,101,117)(H,102,118)(H,103,104)(H,105,106)/p+2/t53-,54-,55-,56-,57-,58-,59-,60-,61-,62-/m0/s1. The highest BCUT2D eigenvalue weighted by molar-refractivity contribution is 6.40. The number of anilines is 2. The smallest absolute Gasteiger partial charge is 0.313 e. The summed E-state index contributed by atoms with van der Waals surface area (Å²) in [5.74, 6) is -17.9. The van der Waals surface area contributed by atoms with E-state index in [4.69, 9.17) is 20.9 Å². The van der Waals surface area contributed by atoms with E-state index in [1.807, 2.05) is 0 Å². The maximum Gasteiger partial charge on any atom is 0.313 e. The number of aliphatic imine (C=N–C) groups is 8. The Bertz CT molecular complexity index is 4290. The number of rotatable bonds is 24. The zero-order chi connectivity index (χ0) is 91.5. The van der Waals surface area contributed by atoms with E-state index in [9.17, 15) is 100 Å². The van der Waals surface area contributed by atoms with Gasteiger partial charge >= 0.3 is 35.6 Å². The molecule has 0 saturated heterocycles. The van der Waals surface area contributed by atoms with Crippen molar-refractivity contribution in [2.45, 2.75) is 204 Å². The van der Waals surface area contributed by atoms with Gasteiger partial charge in [-0.1, -0.05) is 88.4 Å². The Hall–Kier alpha value is -13.2. The van der Waals surface area contributed by atoms with Crippen LogP contribution in [0, 0.1) is 11.8 Å². The number of nitrogens with zero attached hydrogens (tertiary/aromatic N) is 12. The van der Waals surface area contributed by atoms with Gasteiger partial charge in [-0.2, -0.15) is 0 Å². The lowest BCUT2D eigenvalue weighted by atomic mass is 10.0. The van der Waals surface area contributed by atoms with Gasteiger partial charge in [-0.3, -0.25) is 38.8 Å². The number of aliphatic hydroxyl groups is 12. The average molecular weight is 1740 g/mol. The van der Waals surface area contributed by atoms with Gasteiger partial charge in [-0.25, -0.2) is 30.0 Å². The number of fused-ring (bicyclic) bond motifs is 4. The lowest BCUT2D eigenvalue weighted by Gasteiger charge is -2.21. The predicted octanol–water partition coefficient (Wildman–Crippen LogP) is 5.83. The maximum absolute atomic E-state index is 13.8. The van der Waals surface area contributed by atoms with E-state index in [1.165, 1.54) is 38.5 Å². The zero-order valence-electron chi connectivity index (χ0n) is 70.2. The number of aliphatic carboxylic acids is 2. The summed E-state index contributed by atoms with van der Waals surface area (Å²) in [6.07, 6.45) is -0.422. The Morgan fingerprint density at radius 2 is 0.766 bits per heavy atom. The van der Waals surface area contributed by atoms with Crippen LogP contribution in [0.4, 0.5) is 11.4 Å². The molecule has 0 radical (unpaired) electrons. The number of methoxy groups -OCH3 is 2. The van der Waals surface area contributed by atoms with Crippen molar-refractivity contribution in [1.82, 2.24) is 10.6 Å². The van der Waals surface area contributed by atoms with Gasteiger partial charge < -0.3 is 125 Å². The summed E-state index contributed by atoms with van der Waals surface area (Å²) in [6.45, 7) is 7.74. The van der Waals surface area contributed by atoms with Gasteiger partial charge in [-0.05, 0) is 149 Å². The van der Waals surface area contributed by atoms with E-state index in [0.29, 0.717) is 49.9 Å². The molecule has 42 nitrogen and oxygen atoms in total. The third-order valence-corrected chi connectivity index (χ3v) is 18.8. The summed E-state index contributed by atoms with van der Waals surface area (Å²) in [4.78, 5) is 113. The van der Waals surface area contributed by atoms with Crippen LogP contribution in [0.15, 0.2) is 157 Å². The van der Waals surface area contributed by atoms with E-state index in [1.54, 1.807) is 88.4 Å². The van der Waals surface area contributed by atoms with Crippen LogP contribution < -0.4 is 53.7 Å². The highest BCUT2D eigenvalue weighted by Gasteiger charge is 2.32. The third-order valence-electron chi connectivity index (χ3n) is 18.8. The maximum atomic E-state index is 13.8. The molecule has 0 saturated carbocycles. The molecule has 0 spiro atoms. The predicted molar refractivity (Wildman–Crippen MR) is 469 cm³/mol. The van der Waals surface area contributed by atoms with Crippen molar-refractivity contribution < 1.29 is 121 Å². The number of ether oxygens (including phenoxy) is 2. The minimum Gasteiger partial charge on any atom is -0.496 e. The number of carboxylic acids is 2. The molecule has 10 atom stereocenters. The van der Waals surface area contributed by atoms with Crippen LogP contribution in [0.2, 0.25) is 0 Å². The molecule has 42 heteroatoms. The first-order valence-corrected chi connectivity index (χ1v) is 40.4. The molecule has 4 amide bonds. The summed E-state index contributed by atoms with van der Waals surface area (Å²) >= 11 is 0. The molecular formula is C82H118N20O22+2. The van der Waals surface area contributed by atoms with Gasteiger partial charge in [0.25, 0.3) is 0 Å². The summed E-state index contributed by atoms with van der Waals surface area (Å²) in [5, 5.41) is 183. The number of aliphatic hydroxyl groups excluding tert-OH is 12. The molecule has 0 aromatic heterocycles. The van der Waals surface area contributed by atoms with Crippen molar-refractivity contribution in [2.24, 2.45) is 83.6 Å². The van der Waals surface area contributed by atoms with Crippen molar-refractivity contribution in [3.05, 3.63) is 119 Å². The minimum atomic E-state index is -1.61. The first-order chi connectivity index (χ1) is 59.0. The second kappa shape index (κ2) is 52.8. The van der Waals surface area contributed by atoms with Gasteiger partial charge in [0.15, 0.2) is 11.8 Å². The van der Waals surface area contributed by atoms with Crippen LogP contribution in [0.5, 0.6) is 11.5 Å². The monoisotopic (exact) mass is 1730 g/mol. The molecule has 1 aliphatic rings. The summed E-state index contributed by atoms with van der Waals surface area (Å²) in [7, 11) is 2.47. The van der Waals surface area contributed by atoms with Gasteiger partial charge in [0.05, 0.1) is 50.5 Å². The molecule has 124 heavy (non-hydrogen) atoms. The normalized spacial score (nSPS) is 21.7. The number of unbranched alkanes of at least 4 members (excludes halogenated alkanes) is 2. The molecule has 0 fully saturated rings. The quantitative estimate of drug-likeness (QED) is 0.0290. The Labute approximate surface area is 715 Å². The van der Waals surface area contributed by atoms with Gasteiger partial charge in [0.1, 0.15) is 59.8 Å². The highest BCUT2D eigenvalue weighted by atomic mass is 16.5. The fraction of sp³-hybridized carbons (Fsp3) is 0.488. The minimum absolute atomic E-state index is 0.0168. The van der Waals surface area contributed by atoms with Crippen LogP contribution in [0.3, 0.4) is 0 Å². The fourth-order valence-corrected chi connectivity index (χ4v) is 12.2. The van der Waals surface area contributed by atoms with Crippen LogP contribution >= 0.6 is 0 Å². The molecule has 5 rings (SSSR count). The lowest BCUT2D eigenvalue weighted by molar-refractivity contribution is -0.368. The summed E-state index contributed by atoms with van der Waals surface area (Å²) < 4.78 is 10.9. The van der Waals surface area contributed by atoms with Crippen molar-refractivity contribution in [1.29, 1.82) is 0 Å². The molecule has 0 unspecified atom stereocenters. The zero-order valence-corrected chi connectivity index (χ0v) is 70.2. The lowest BCUT2D eigenvalue weighted by Crippen LogP contribution is -2.50. The van der Waals surface area contributed by atoms with Crippen molar-refractivity contribution in [3.63, 3.8) is 0 Å². The van der Waals surface area contributed by atoms with E-state index < -0.39 is 192 Å². The second-order valence-electron chi connectivity index (χ2n) is 29.8. The number of carbonyl (C=O) groups excluding carboxylic acids is 4. The number of amides is 4. The number of hydrogen-bond donors (Lipinski definition) is 22.